The summed E-state index contributed by atoms with van der Waals surface area (Å²) in [6.07, 6.45) is 6.18. The van der Waals surface area contributed by atoms with Crippen molar-refractivity contribution >= 4 is 5.96 Å². The molecule has 4 nitrogen and oxygen atoms in total. The highest BCUT2D eigenvalue weighted by atomic mass is 16.3. The first-order valence-corrected chi connectivity index (χ1v) is 7.84. The van der Waals surface area contributed by atoms with Crippen LogP contribution in [0.3, 0.4) is 0 Å². The lowest BCUT2D eigenvalue weighted by molar-refractivity contribution is 0.120. The Bertz CT molecular complexity index is 258. The number of aliphatic hydroxyl groups is 1. The van der Waals surface area contributed by atoms with Gasteiger partial charge in [0.2, 0.25) is 0 Å². The molecule has 0 aliphatic heterocycles. The van der Waals surface area contributed by atoms with Crippen LogP contribution in [0.2, 0.25) is 0 Å². The van der Waals surface area contributed by atoms with Crippen LogP contribution in [0.1, 0.15) is 59.3 Å². The topological polar surface area (TPSA) is 56.7 Å². The zero-order chi connectivity index (χ0) is 14.1. The maximum atomic E-state index is 9.52. The minimum atomic E-state index is -0.0939. The SMILES string of the molecule is CCNC(=NCCCC(C)C)NC1CCC(O)CC1. The van der Waals surface area contributed by atoms with E-state index < -0.39 is 0 Å². The maximum Gasteiger partial charge on any atom is 0.191 e. The minimum Gasteiger partial charge on any atom is -0.393 e. The van der Waals surface area contributed by atoms with Crippen molar-refractivity contribution in [3.8, 4) is 0 Å². The van der Waals surface area contributed by atoms with Gasteiger partial charge >= 0.3 is 0 Å². The largest absolute Gasteiger partial charge is 0.393 e. The van der Waals surface area contributed by atoms with Crippen molar-refractivity contribution in [2.75, 3.05) is 13.1 Å². The second-order valence-corrected chi connectivity index (χ2v) is 5.95. The maximum absolute atomic E-state index is 9.52. The summed E-state index contributed by atoms with van der Waals surface area (Å²) in [6, 6.07) is 0.464. The number of rotatable bonds is 6. The molecule has 112 valence electrons. The lowest BCUT2D eigenvalue weighted by Gasteiger charge is -2.27. The average Bonchev–Trinajstić information content (AvgIpc) is 2.37. The third-order valence-corrected chi connectivity index (χ3v) is 3.59. The molecule has 0 aromatic rings. The number of hydrogen-bond acceptors (Lipinski definition) is 2. The van der Waals surface area contributed by atoms with Crippen molar-refractivity contribution in [1.29, 1.82) is 0 Å². The van der Waals surface area contributed by atoms with Gasteiger partial charge in [0, 0.05) is 19.1 Å². The summed E-state index contributed by atoms with van der Waals surface area (Å²) in [5.74, 6) is 1.69. The Labute approximate surface area is 118 Å². The summed E-state index contributed by atoms with van der Waals surface area (Å²) in [6.45, 7) is 8.38. The molecule has 0 unspecified atom stereocenters. The Balaban J connectivity index is 2.32. The van der Waals surface area contributed by atoms with Gasteiger partial charge in [-0.2, -0.15) is 0 Å². The van der Waals surface area contributed by atoms with Crippen LogP contribution in [-0.2, 0) is 0 Å². The Morgan fingerprint density at radius 2 is 1.95 bits per heavy atom. The molecule has 1 rings (SSSR count). The number of nitrogens with one attached hydrogen (secondary N) is 2. The van der Waals surface area contributed by atoms with E-state index in [4.69, 9.17) is 0 Å². The summed E-state index contributed by atoms with van der Waals surface area (Å²) in [4.78, 5) is 4.63. The molecule has 0 amide bonds. The zero-order valence-corrected chi connectivity index (χ0v) is 12.8. The molecule has 1 fully saturated rings. The van der Waals surface area contributed by atoms with Crippen molar-refractivity contribution in [2.24, 2.45) is 10.9 Å². The normalized spacial score (nSPS) is 24.6. The summed E-state index contributed by atoms with van der Waals surface area (Å²) in [5, 5.41) is 16.3. The van der Waals surface area contributed by atoms with E-state index in [0.717, 1.165) is 57.1 Å². The van der Waals surface area contributed by atoms with Crippen LogP contribution < -0.4 is 10.6 Å². The number of guanidine groups is 1. The van der Waals surface area contributed by atoms with E-state index in [9.17, 15) is 5.11 Å². The van der Waals surface area contributed by atoms with Gasteiger partial charge in [0.1, 0.15) is 0 Å². The zero-order valence-electron chi connectivity index (χ0n) is 12.8. The van der Waals surface area contributed by atoms with Crippen molar-refractivity contribution in [1.82, 2.24) is 10.6 Å². The van der Waals surface area contributed by atoms with Gasteiger partial charge < -0.3 is 15.7 Å². The molecule has 0 saturated heterocycles. The standard InChI is InChI=1S/C15H31N3O/c1-4-16-15(17-11-5-6-12(2)3)18-13-7-9-14(19)10-8-13/h12-14,19H,4-11H2,1-3H3,(H2,16,17,18). The van der Waals surface area contributed by atoms with Crippen molar-refractivity contribution in [3.05, 3.63) is 0 Å². The molecular weight excluding hydrogens is 238 g/mol. The van der Waals surface area contributed by atoms with Crippen LogP contribution in [0.25, 0.3) is 0 Å². The van der Waals surface area contributed by atoms with Gasteiger partial charge in [-0.3, -0.25) is 4.99 Å². The van der Waals surface area contributed by atoms with Crippen LogP contribution in [0.15, 0.2) is 4.99 Å². The summed E-state index contributed by atoms with van der Waals surface area (Å²) >= 11 is 0. The smallest absolute Gasteiger partial charge is 0.191 e. The van der Waals surface area contributed by atoms with E-state index in [1.54, 1.807) is 0 Å². The van der Waals surface area contributed by atoms with Gasteiger partial charge in [-0.25, -0.2) is 0 Å². The van der Waals surface area contributed by atoms with Gasteiger partial charge in [0.05, 0.1) is 6.10 Å². The van der Waals surface area contributed by atoms with E-state index in [1.807, 2.05) is 0 Å². The molecule has 0 spiro atoms. The van der Waals surface area contributed by atoms with Gasteiger partial charge in [-0.05, 0) is 51.4 Å². The fourth-order valence-electron chi connectivity index (χ4n) is 2.42. The highest BCUT2D eigenvalue weighted by molar-refractivity contribution is 5.80. The summed E-state index contributed by atoms with van der Waals surface area (Å²) in [5.41, 5.74) is 0. The first kappa shape index (κ1) is 16.3. The first-order valence-electron chi connectivity index (χ1n) is 7.84. The first-order chi connectivity index (χ1) is 9.11. The molecule has 0 heterocycles. The Morgan fingerprint density at radius 1 is 1.26 bits per heavy atom. The molecule has 0 atom stereocenters. The summed E-state index contributed by atoms with van der Waals surface area (Å²) in [7, 11) is 0. The molecule has 1 aliphatic rings. The highest BCUT2D eigenvalue weighted by Gasteiger charge is 2.19. The molecule has 0 radical (unpaired) electrons. The predicted octanol–water partition coefficient (Wildman–Crippen LogP) is 2.28. The minimum absolute atomic E-state index is 0.0939. The monoisotopic (exact) mass is 269 g/mol. The molecule has 4 heteroatoms. The molecule has 19 heavy (non-hydrogen) atoms. The van der Waals surface area contributed by atoms with Crippen LogP contribution in [0.4, 0.5) is 0 Å². The number of nitrogens with zero attached hydrogens (tertiary/aromatic N) is 1. The molecular formula is C15H31N3O. The third kappa shape index (κ3) is 7.41. The fourth-order valence-corrected chi connectivity index (χ4v) is 2.42. The summed E-state index contributed by atoms with van der Waals surface area (Å²) < 4.78 is 0. The van der Waals surface area contributed by atoms with Crippen LogP contribution in [-0.4, -0.2) is 36.3 Å². The Hall–Kier alpha value is -0.770. The van der Waals surface area contributed by atoms with E-state index in [2.05, 4.69) is 36.4 Å². The number of aliphatic imine (C=N–C) groups is 1. The molecule has 0 aromatic carbocycles. The molecule has 3 N–H and O–H groups in total. The van der Waals surface area contributed by atoms with Crippen LogP contribution in [0.5, 0.6) is 0 Å². The third-order valence-electron chi connectivity index (χ3n) is 3.59. The van der Waals surface area contributed by atoms with Gasteiger partial charge in [0.25, 0.3) is 0 Å². The molecule has 0 bridgehead atoms. The van der Waals surface area contributed by atoms with E-state index in [1.165, 1.54) is 6.42 Å². The van der Waals surface area contributed by atoms with Crippen molar-refractivity contribution < 1.29 is 5.11 Å². The predicted molar refractivity (Wildman–Crippen MR) is 81.4 cm³/mol. The Kier molecular flexibility index (Phi) is 7.87. The highest BCUT2D eigenvalue weighted by Crippen LogP contribution is 2.18. The lowest BCUT2D eigenvalue weighted by atomic mass is 9.93. The van der Waals surface area contributed by atoms with Crippen molar-refractivity contribution in [3.63, 3.8) is 0 Å². The average molecular weight is 269 g/mol. The second kappa shape index (κ2) is 9.18. The fraction of sp³-hybridized carbons (Fsp3) is 0.933. The van der Waals surface area contributed by atoms with E-state index in [0.29, 0.717) is 6.04 Å². The number of aliphatic hydroxyl groups excluding tert-OH is 1. The Morgan fingerprint density at radius 3 is 2.53 bits per heavy atom. The van der Waals surface area contributed by atoms with Gasteiger partial charge in [-0.1, -0.05) is 13.8 Å². The van der Waals surface area contributed by atoms with Gasteiger partial charge in [-0.15, -0.1) is 0 Å². The van der Waals surface area contributed by atoms with Crippen LogP contribution in [0, 0.1) is 5.92 Å². The number of hydrogen-bond donors (Lipinski definition) is 3. The van der Waals surface area contributed by atoms with Gasteiger partial charge in [0.15, 0.2) is 5.96 Å². The molecule has 1 saturated carbocycles. The second-order valence-electron chi connectivity index (χ2n) is 5.95. The van der Waals surface area contributed by atoms with E-state index in [-0.39, 0.29) is 6.10 Å². The van der Waals surface area contributed by atoms with Crippen molar-refractivity contribution in [2.45, 2.75) is 71.4 Å². The van der Waals surface area contributed by atoms with E-state index >= 15 is 0 Å². The van der Waals surface area contributed by atoms with Crippen LogP contribution >= 0.6 is 0 Å². The quantitative estimate of drug-likeness (QED) is 0.394. The molecule has 0 aromatic heterocycles. The lowest BCUT2D eigenvalue weighted by Crippen LogP contribution is -2.45. The molecule has 1 aliphatic carbocycles.